The largest absolute Gasteiger partial charge is 0.508 e. The summed E-state index contributed by atoms with van der Waals surface area (Å²) >= 11 is 5.92. The molecule has 3 N–H and O–H groups in total. The molecule has 0 radical (unpaired) electrons. The monoisotopic (exact) mass is 304 g/mol. The number of carbonyl (C=O) groups excluding carboxylic acids is 1. The Morgan fingerprint density at radius 3 is 2.76 bits per heavy atom. The lowest BCUT2D eigenvalue weighted by molar-refractivity contribution is 0.0962. The predicted octanol–water partition coefficient (Wildman–Crippen LogP) is 3.33. The van der Waals surface area contributed by atoms with Gasteiger partial charge in [0, 0.05) is 35.4 Å². The van der Waals surface area contributed by atoms with Crippen LogP contribution in [0.5, 0.6) is 5.75 Å². The molecule has 0 unspecified atom stereocenters. The molecule has 4 nitrogen and oxygen atoms in total. The zero-order valence-corrected chi connectivity index (χ0v) is 12.7. The second-order valence-electron chi connectivity index (χ2n) is 4.68. The van der Waals surface area contributed by atoms with Crippen LogP contribution in [0.3, 0.4) is 0 Å². The quantitative estimate of drug-likeness (QED) is 0.812. The smallest absolute Gasteiger partial charge is 0.251 e. The summed E-state index contributed by atoms with van der Waals surface area (Å²) in [7, 11) is 1.60. The molecule has 0 bridgehead atoms. The summed E-state index contributed by atoms with van der Waals surface area (Å²) in [4.78, 5) is 11.8. The van der Waals surface area contributed by atoms with Crippen molar-refractivity contribution in [3.8, 4) is 5.75 Å². The first-order chi connectivity index (χ1) is 10.0. The third-order valence-corrected chi connectivity index (χ3v) is 3.55. The molecule has 2 aromatic rings. The van der Waals surface area contributed by atoms with Gasteiger partial charge in [-0.05, 0) is 42.8 Å². The molecular weight excluding hydrogens is 288 g/mol. The minimum atomic E-state index is -0.123. The Kier molecular flexibility index (Phi) is 4.70. The van der Waals surface area contributed by atoms with E-state index in [1.165, 1.54) is 0 Å². The Hall–Kier alpha value is -2.20. The fraction of sp³-hybridized carbons (Fsp3) is 0.188. The van der Waals surface area contributed by atoms with Crippen molar-refractivity contribution < 1.29 is 9.90 Å². The van der Waals surface area contributed by atoms with Gasteiger partial charge < -0.3 is 15.7 Å². The normalized spacial score (nSPS) is 10.2. The first-order valence-corrected chi connectivity index (χ1v) is 6.93. The number of halogens is 1. The Balaban J connectivity index is 2.21. The highest BCUT2D eigenvalue weighted by molar-refractivity contribution is 6.30. The first-order valence-electron chi connectivity index (χ1n) is 6.56. The minimum Gasteiger partial charge on any atom is -0.508 e. The number of hydrogen-bond acceptors (Lipinski definition) is 3. The number of rotatable bonds is 4. The molecule has 2 aromatic carbocycles. The first kappa shape index (κ1) is 15.2. The Bertz CT molecular complexity index is 671. The number of hydrogen-bond donors (Lipinski definition) is 3. The van der Waals surface area contributed by atoms with Crippen molar-refractivity contribution in [2.75, 3.05) is 12.4 Å². The molecule has 0 aliphatic heterocycles. The zero-order valence-electron chi connectivity index (χ0n) is 11.9. The summed E-state index contributed by atoms with van der Waals surface area (Å²) in [6.07, 6.45) is 0. The van der Waals surface area contributed by atoms with Crippen molar-refractivity contribution in [1.82, 2.24) is 5.32 Å². The molecule has 5 heteroatoms. The van der Waals surface area contributed by atoms with Gasteiger partial charge in [-0.25, -0.2) is 0 Å². The summed E-state index contributed by atoms with van der Waals surface area (Å²) < 4.78 is 0. The fourth-order valence-corrected chi connectivity index (χ4v) is 2.29. The van der Waals surface area contributed by atoms with Crippen LogP contribution in [-0.2, 0) is 6.54 Å². The number of benzene rings is 2. The third kappa shape index (κ3) is 3.47. The van der Waals surface area contributed by atoms with Crippen LogP contribution in [-0.4, -0.2) is 18.1 Å². The predicted molar refractivity (Wildman–Crippen MR) is 85.0 cm³/mol. The standard InChI is InChI=1S/C16H17ClN2O2/c1-10-13(16(21)18-2)4-3-5-14(10)19-9-11-8-12(17)6-7-15(11)20/h3-8,19-20H,9H2,1-2H3,(H,18,21). The Labute approximate surface area is 128 Å². The van der Waals surface area contributed by atoms with E-state index in [2.05, 4.69) is 10.6 Å². The molecule has 2 rings (SSSR count). The highest BCUT2D eigenvalue weighted by Crippen LogP contribution is 2.24. The van der Waals surface area contributed by atoms with Gasteiger partial charge in [-0.15, -0.1) is 0 Å². The van der Waals surface area contributed by atoms with Crippen LogP contribution < -0.4 is 10.6 Å². The van der Waals surface area contributed by atoms with Crippen molar-refractivity contribution in [2.24, 2.45) is 0 Å². The molecule has 0 aliphatic carbocycles. The average Bonchev–Trinajstić information content (AvgIpc) is 2.48. The Morgan fingerprint density at radius 1 is 1.29 bits per heavy atom. The molecule has 0 saturated carbocycles. The Morgan fingerprint density at radius 2 is 2.05 bits per heavy atom. The van der Waals surface area contributed by atoms with Gasteiger partial charge in [0.05, 0.1) is 0 Å². The van der Waals surface area contributed by atoms with Gasteiger partial charge in [-0.2, -0.15) is 0 Å². The topological polar surface area (TPSA) is 61.4 Å². The van der Waals surface area contributed by atoms with Crippen LogP contribution >= 0.6 is 11.6 Å². The van der Waals surface area contributed by atoms with E-state index in [0.29, 0.717) is 22.7 Å². The highest BCUT2D eigenvalue weighted by atomic mass is 35.5. The van der Waals surface area contributed by atoms with Crippen LogP contribution in [0.4, 0.5) is 5.69 Å². The number of carbonyl (C=O) groups is 1. The van der Waals surface area contributed by atoms with Crippen LogP contribution in [0.15, 0.2) is 36.4 Å². The lowest BCUT2D eigenvalue weighted by Crippen LogP contribution is -2.19. The number of amides is 1. The van der Waals surface area contributed by atoms with Crippen LogP contribution in [0.25, 0.3) is 0 Å². The molecule has 21 heavy (non-hydrogen) atoms. The second-order valence-corrected chi connectivity index (χ2v) is 5.12. The molecular formula is C16H17ClN2O2. The van der Waals surface area contributed by atoms with Crippen LogP contribution in [0.1, 0.15) is 21.5 Å². The van der Waals surface area contributed by atoms with E-state index in [4.69, 9.17) is 11.6 Å². The number of nitrogens with one attached hydrogen (secondary N) is 2. The van der Waals surface area contributed by atoms with Crippen LogP contribution in [0.2, 0.25) is 5.02 Å². The summed E-state index contributed by atoms with van der Waals surface area (Å²) in [5, 5.41) is 16.2. The van der Waals surface area contributed by atoms with E-state index in [1.54, 1.807) is 31.3 Å². The average molecular weight is 305 g/mol. The van der Waals surface area contributed by atoms with Gasteiger partial charge >= 0.3 is 0 Å². The minimum absolute atomic E-state index is 0.123. The zero-order chi connectivity index (χ0) is 15.4. The van der Waals surface area contributed by atoms with E-state index < -0.39 is 0 Å². The lowest BCUT2D eigenvalue weighted by atomic mass is 10.1. The van der Waals surface area contributed by atoms with E-state index in [0.717, 1.165) is 11.3 Å². The number of phenols is 1. The maximum Gasteiger partial charge on any atom is 0.251 e. The summed E-state index contributed by atoms with van der Waals surface area (Å²) in [5.41, 5.74) is 3.03. The molecule has 0 fully saturated rings. The molecule has 1 amide bonds. The van der Waals surface area contributed by atoms with E-state index in [-0.39, 0.29) is 11.7 Å². The summed E-state index contributed by atoms with van der Waals surface area (Å²) in [5.74, 6) is 0.0637. The number of aromatic hydroxyl groups is 1. The fourth-order valence-electron chi connectivity index (χ4n) is 2.09. The number of anilines is 1. The van der Waals surface area contributed by atoms with Gasteiger partial charge in [0.2, 0.25) is 0 Å². The van der Waals surface area contributed by atoms with Crippen LogP contribution in [0, 0.1) is 6.92 Å². The SMILES string of the molecule is CNC(=O)c1cccc(NCc2cc(Cl)ccc2O)c1C. The molecule has 0 aromatic heterocycles. The van der Waals surface area contributed by atoms with Crippen molar-refractivity contribution >= 4 is 23.2 Å². The van der Waals surface area contributed by atoms with Gasteiger partial charge in [0.1, 0.15) is 5.75 Å². The van der Waals surface area contributed by atoms with Crippen molar-refractivity contribution in [1.29, 1.82) is 0 Å². The molecule has 110 valence electrons. The highest BCUT2D eigenvalue weighted by Gasteiger charge is 2.10. The van der Waals surface area contributed by atoms with Gasteiger partial charge in [-0.1, -0.05) is 17.7 Å². The van der Waals surface area contributed by atoms with Gasteiger partial charge in [-0.3, -0.25) is 4.79 Å². The maximum absolute atomic E-state index is 11.8. The number of phenolic OH excluding ortho intramolecular Hbond substituents is 1. The van der Waals surface area contributed by atoms with E-state index >= 15 is 0 Å². The molecule has 0 saturated heterocycles. The third-order valence-electron chi connectivity index (χ3n) is 3.32. The van der Waals surface area contributed by atoms with Crippen molar-refractivity contribution in [3.63, 3.8) is 0 Å². The summed E-state index contributed by atoms with van der Waals surface area (Å²) in [6.45, 7) is 2.30. The lowest BCUT2D eigenvalue weighted by Gasteiger charge is -2.13. The van der Waals surface area contributed by atoms with Crippen molar-refractivity contribution in [3.05, 3.63) is 58.1 Å². The molecule has 0 heterocycles. The van der Waals surface area contributed by atoms with Crippen molar-refractivity contribution in [2.45, 2.75) is 13.5 Å². The summed E-state index contributed by atoms with van der Waals surface area (Å²) in [6, 6.07) is 10.4. The van der Waals surface area contributed by atoms with E-state index in [1.807, 2.05) is 19.1 Å². The second kappa shape index (κ2) is 6.50. The molecule has 0 atom stereocenters. The van der Waals surface area contributed by atoms with E-state index in [9.17, 15) is 9.90 Å². The van der Waals surface area contributed by atoms with Gasteiger partial charge in [0.15, 0.2) is 0 Å². The molecule has 0 spiro atoms. The van der Waals surface area contributed by atoms with Gasteiger partial charge in [0.25, 0.3) is 5.91 Å². The molecule has 0 aliphatic rings. The maximum atomic E-state index is 11.8.